The number of para-hydroxylation sites is 1. The second kappa shape index (κ2) is 21.0. The van der Waals surface area contributed by atoms with Crippen LogP contribution in [0.25, 0.3) is 21.9 Å². The van der Waals surface area contributed by atoms with Gasteiger partial charge in [0.1, 0.15) is 17.9 Å². The monoisotopic (exact) mass is 831 g/mol. The van der Waals surface area contributed by atoms with Crippen molar-refractivity contribution in [1.82, 2.24) is 24.8 Å². The van der Waals surface area contributed by atoms with Gasteiger partial charge >= 0.3 is 12.1 Å². The molecule has 324 valence electrons. The molecule has 1 saturated carbocycles. The van der Waals surface area contributed by atoms with Gasteiger partial charge in [-0.05, 0) is 72.4 Å². The molecule has 0 bridgehead atoms. The summed E-state index contributed by atoms with van der Waals surface area (Å²) in [5, 5.41) is 6.45. The Morgan fingerprint density at radius 3 is 2.33 bits per heavy atom. The van der Waals surface area contributed by atoms with Gasteiger partial charge < -0.3 is 42.0 Å². The highest BCUT2D eigenvalue weighted by atomic mass is 16.6. The largest absolute Gasteiger partial charge is 0.445 e. The highest BCUT2D eigenvalue weighted by Crippen LogP contribution is 2.33. The number of anilines is 2. The SMILES string of the molecule is CCCCc1nc2c(N)nc3ccccc3c2n1Cc1ccc(CN(CCC2CC2)C(=O)OCc2ccc(NC(=O)[C@H](CCCNC(N)=O)CC(=O)[C@@H](N)C(C)C)cc2)cc1. The summed E-state index contributed by atoms with van der Waals surface area (Å²) in [7, 11) is 0. The molecule has 0 aliphatic heterocycles. The number of pyridine rings is 1. The number of nitrogen functional groups attached to an aromatic ring is 1. The summed E-state index contributed by atoms with van der Waals surface area (Å²) in [5.74, 6) is 0.877. The molecule has 0 saturated heterocycles. The molecule has 0 radical (unpaired) electrons. The maximum Gasteiger partial charge on any atom is 0.410 e. The van der Waals surface area contributed by atoms with Crippen LogP contribution in [0.4, 0.5) is 21.1 Å². The van der Waals surface area contributed by atoms with Crippen LogP contribution in [0.15, 0.2) is 72.8 Å². The number of nitrogens with zero attached hydrogens (tertiary/aromatic N) is 4. The minimum absolute atomic E-state index is 0.00820. The summed E-state index contributed by atoms with van der Waals surface area (Å²) in [6, 6.07) is 22.2. The zero-order chi connectivity index (χ0) is 43.5. The number of amides is 4. The number of hydrogen-bond acceptors (Lipinski definition) is 9. The molecule has 1 aliphatic carbocycles. The number of aromatic nitrogens is 3. The molecule has 2 heterocycles. The first-order chi connectivity index (χ1) is 29.4. The Labute approximate surface area is 358 Å². The molecule has 1 fully saturated rings. The van der Waals surface area contributed by atoms with Crippen LogP contribution in [0.2, 0.25) is 0 Å². The number of urea groups is 1. The molecular weight excluding hydrogens is 771 g/mol. The van der Waals surface area contributed by atoms with Crippen LogP contribution in [-0.4, -0.2) is 62.4 Å². The van der Waals surface area contributed by atoms with Gasteiger partial charge in [0.25, 0.3) is 0 Å². The number of ether oxygens (including phenoxy) is 1. The number of rotatable bonds is 22. The van der Waals surface area contributed by atoms with Crippen molar-refractivity contribution in [2.75, 3.05) is 24.1 Å². The van der Waals surface area contributed by atoms with Crippen molar-refractivity contribution in [3.63, 3.8) is 0 Å². The first-order valence-electron chi connectivity index (χ1n) is 21.6. The maximum atomic E-state index is 13.6. The Hall–Kier alpha value is -6.02. The van der Waals surface area contributed by atoms with Gasteiger partial charge in [-0.15, -0.1) is 0 Å². The smallest absolute Gasteiger partial charge is 0.410 e. The number of aryl methyl sites for hydroxylation is 1. The Bertz CT molecular complexity index is 2290. The number of carbonyl (C=O) groups excluding carboxylic acids is 4. The van der Waals surface area contributed by atoms with Gasteiger partial charge in [0.15, 0.2) is 11.6 Å². The summed E-state index contributed by atoms with van der Waals surface area (Å²) in [6.07, 6.45) is 6.67. The Morgan fingerprint density at radius 1 is 0.934 bits per heavy atom. The predicted octanol–water partition coefficient (Wildman–Crippen LogP) is 7.44. The van der Waals surface area contributed by atoms with Crippen LogP contribution in [0.5, 0.6) is 0 Å². The molecule has 14 heteroatoms. The Balaban J connectivity index is 1.08. The van der Waals surface area contributed by atoms with Crippen molar-refractivity contribution in [3.05, 3.63) is 95.3 Å². The number of primary amides is 1. The van der Waals surface area contributed by atoms with E-state index in [1.54, 1.807) is 29.2 Å². The van der Waals surface area contributed by atoms with Crippen LogP contribution in [-0.2, 0) is 40.4 Å². The maximum absolute atomic E-state index is 13.6. The van der Waals surface area contributed by atoms with Crippen molar-refractivity contribution in [2.24, 2.45) is 29.2 Å². The summed E-state index contributed by atoms with van der Waals surface area (Å²) < 4.78 is 8.12. The number of nitrogens with two attached hydrogens (primary N) is 3. The fourth-order valence-electron chi connectivity index (χ4n) is 7.54. The number of Topliss-reactive ketones (excluding diaryl/α,β-unsaturated/α-hetero) is 1. The topological polar surface area (TPSA) is 214 Å². The van der Waals surface area contributed by atoms with E-state index in [9.17, 15) is 19.2 Å². The third-order valence-corrected chi connectivity index (χ3v) is 11.5. The first kappa shape index (κ1) is 44.5. The van der Waals surface area contributed by atoms with Gasteiger partial charge in [-0.2, -0.15) is 0 Å². The van der Waals surface area contributed by atoms with Crippen molar-refractivity contribution in [2.45, 2.75) is 104 Å². The van der Waals surface area contributed by atoms with E-state index < -0.39 is 18.0 Å². The minimum Gasteiger partial charge on any atom is -0.445 e. The lowest BCUT2D eigenvalue weighted by Gasteiger charge is -2.23. The van der Waals surface area contributed by atoms with Gasteiger partial charge in [0.2, 0.25) is 5.91 Å². The predicted molar refractivity (Wildman–Crippen MR) is 239 cm³/mol. The van der Waals surface area contributed by atoms with Crippen LogP contribution in [0.1, 0.15) is 94.7 Å². The third-order valence-electron chi connectivity index (χ3n) is 11.5. The second-order valence-corrected chi connectivity index (χ2v) is 16.7. The fourth-order valence-corrected chi connectivity index (χ4v) is 7.54. The first-order valence-corrected chi connectivity index (χ1v) is 21.6. The lowest BCUT2D eigenvalue weighted by molar-refractivity contribution is -0.127. The molecule has 0 unspecified atom stereocenters. The average Bonchev–Trinajstić information content (AvgIpc) is 4.01. The third kappa shape index (κ3) is 12.3. The number of ketones is 1. The van der Waals surface area contributed by atoms with E-state index >= 15 is 0 Å². The molecule has 2 aromatic heterocycles. The normalized spacial score (nSPS) is 13.6. The molecule has 14 nitrogen and oxygen atoms in total. The van der Waals surface area contributed by atoms with E-state index in [-0.39, 0.29) is 36.7 Å². The highest BCUT2D eigenvalue weighted by molar-refractivity contribution is 6.06. The molecule has 3 aromatic carbocycles. The van der Waals surface area contributed by atoms with E-state index in [2.05, 4.69) is 57.4 Å². The molecule has 61 heavy (non-hydrogen) atoms. The fraction of sp³-hybridized carbons (Fsp3) is 0.447. The molecule has 0 spiro atoms. The molecule has 2 atom stereocenters. The van der Waals surface area contributed by atoms with Crippen molar-refractivity contribution in [3.8, 4) is 0 Å². The van der Waals surface area contributed by atoms with Gasteiger partial charge in [0.05, 0.1) is 17.1 Å². The molecule has 4 amide bonds. The molecule has 1 aliphatic rings. The summed E-state index contributed by atoms with van der Waals surface area (Å²) in [5.41, 5.74) is 23.7. The lowest BCUT2D eigenvalue weighted by atomic mass is 9.90. The molecular formula is C47H61N9O5. The van der Waals surface area contributed by atoms with Crippen molar-refractivity contribution in [1.29, 1.82) is 0 Å². The van der Waals surface area contributed by atoms with E-state index in [0.29, 0.717) is 56.4 Å². The van der Waals surface area contributed by atoms with Gasteiger partial charge in [-0.3, -0.25) is 9.59 Å². The second-order valence-electron chi connectivity index (χ2n) is 16.7. The van der Waals surface area contributed by atoms with Crippen molar-refractivity contribution >= 4 is 57.3 Å². The Morgan fingerprint density at radius 2 is 1.64 bits per heavy atom. The van der Waals surface area contributed by atoms with E-state index in [0.717, 1.165) is 70.1 Å². The highest BCUT2D eigenvalue weighted by Gasteiger charge is 2.27. The summed E-state index contributed by atoms with van der Waals surface area (Å²) in [6.45, 7) is 7.91. The number of nitrogens with one attached hydrogen (secondary N) is 2. The van der Waals surface area contributed by atoms with Gasteiger partial charge in [0, 0.05) is 56.0 Å². The average molecular weight is 832 g/mol. The quantitative estimate of drug-likeness (QED) is 0.0438. The van der Waals surface area contributed by atoms with E-state index in [4.69, 9.17) is 26.9 Å². The zero-order valence-corrected chi connectivity index (χ0v) is 35.7. The molecule has 8 N–H and O–H groups in total. The number of unbranched alkanes of at least 4 members (excludes halogenated alkanes) is 1. The van der Waals surface area contributed by atoms with Gasteiger partial charge in [-0.25, -0.2) is 19.6 Å². The number of fused-ring (bicyclic) bond motifs is 3. The lowest BCUT2D eigenvalue weighted by Crippen LogP contribution is -2.38. The summed E-state index contributed by atoms with van der Waals surface area (Å²) >= 11 is 0. The molecule has 5 aromatic rings. The van der Waals surface area contributed by atoms with Crippen LogP contribution >= 0.6 is 0 Å². The summed E-state index contributed by atoms with van der Waals surface area (Å²) in [4.78, 5) is 62.2. The van der Waals surface area contributed by atoms with Crippen molar-refractivity contribution < 1.29 is 23.9 Å². The Kier molecular flexibility index (Phi) is 15.3. The van der Waals surface area contributed by atoms with Crippen LogP contribution in [0.3, 0.4) is 0 Å². The standard InChI is InChI=1S/C47H61N9O5/c1-4-5-12-40-54-42-43(37-10-6-7-11-38(37)53-44(42)49)56(40)28-33-17-15-32(16-18-33)27-55(25-23-31-13-14-31)47(60)61-29-34-19-21-36(22-20-34)52-45(58)35(9-8-24-51-46(50)59)26-39(57)41(48)30(2)3/h6-7,10-11,15-22,30-31,35,41H,4-5,8-9,12-14,23-29,48H2,1-3H3,(H2,49,53)(H,52,58)(H3,50,51,59)/t35-,41+/m1/s1. The van der Waals surface area contributed by atoms with E-state index in [1.807, 2.05) is 32.0 Å². The molecule has 6 rings (SSSR count). The number of hydrogen-bond donors (Lipinski definition) is 5. The number of imidazole rings is 1. The van der Waals surface area contributed by atoms with Crippen LogP contribution < -0.4 is 27.8 Å². The minimum atomic E-state index is -0.671. The number of benzene rings is 3. The van der Waals surface area contributed by atoms with Gasteiger partial charge in [-0.1, -0.05) is 94.6 Å². The van der Waals surface area contributed by atoms with Crippen LogP contribution in [0, 0.1) is 17.8 Å². The van der Waals surface area contributed by atoms with E-state index in [1.165, 1.54) is 12.8 Å². The number of carbonyl (C=O) groups is 4. The zero-order valence-electron chi connectivity index (χ0n) is 35.7.